The number of carbonyl (C=O) groups excluding carboxylic acids is 1. The third kappa shape index (κ3) is 5.05. The standard InChI is InChI=1S/C21H23N5OS3/c1-3-13-5-9-15(10-6-13)23-20(28)25-24-19(27)17-18(22)26(21(29)30-17)16-11-7-14(4-2)8-12-16/h5-12H,3-4,22H2,1-2H3,(H,24,27)(H2,23,25,28). The molecule has 2 aromatic carbocycles. The zero-order valence-electron chi connectivity index (χ0n) is 16.7. The van der Waals surface area contributed by atoms with Gasteiger partial charge in [0.25, 0.3) is 5.91 Å². The van der Waals surface area contributed by atoms with E-state index in [9.17, 15) is 4.79 Å². The number of rotatable bonds is 5. The van der Waals surface area contributed by atoms with Crippen molar-refractivity contribution in [3.8, 4) is 5.69 Å². The topological polar surface area (TPSA) is 84.1 Å². The highest BCUT2D eigenvalue weighted by Crippen LogP contribution is 2.26. The van der Waals surface area contributed by atoms with Crippen LogP contribution in [-0.2, 0) is 12.8 Å². The summed E-state index contributed by atoms with van der Waals surface area (Å²) >= 11 is 11.8. The fraction of sp³-hybridized carbons (Fsp3) is 0.190. The highest BCUT2D eigenvalue weighted by Gasteiger charge is 2.18. The molecule has 0 fully saturated rings. The lowest BCUT2D eigenvalue weighted by Gasteiger charge is -2.12. The highest BCUT2D eigenvalue weighted by atomic mass is 32.1. The summed E-state index contributed by atoms with van der Waals surface area (Å²) in [5, 5.41) is 3.29. The quantitative estimate of drug-likeness (QED) is 0.331. The molecule has 0 aliphatic rings. The van der Waals surface area contributed by atoms with Crippen molar-refractivity contribution in [1.82, 2.24) is 15.4 Å². The largest absolute Gasteiger partial charge is 0.383 e. The Labute approximate surface area is 190 Å². The number of nitrogens with two attached hydrogens (primary N) is 1. The van der Waals surface area contributed by atoms with E-state index in [0.717, 1.165) is 35.6 Å². The van der Waals surface area contributed by atoms with Crippen molar-refractivity contribution in [3.05, 3.63) is 68.5 Å². The van der Waals surface area contributed by atoms with Gasteiger partial charge in [-0.2, -0.15) is 0 Å². The minimum absolute atomic E-state index is 0.268. The second-order valence-electron chi connectivity index (χ2n) is 6.52. The maximum Gasteiger partial charge on any atom is 0.283 e. The fourth-order valence-electron chi connectivity index (χ4n) is 2.83. The summed E-state index contributed by atoms with van der Waals surface area (Å²) in [5.41, 5.74) is 15.6. The molecule has 0 spiro atoms. The second kappa shape index (κ2) is 9.84. The monoisotopic (exact) mass is 457 g/mol. The lowest BCUT2D eigenvalue weighted by atomic mass is 10.1. The molecule has 0 saturated heterocycles. The minimum atomic E-state index is -0.405. The summed E-state index contributed by atoms with van der Waals surface area (Å²) in [6, 6.07) is 15.8. The number of hydrogen-bond donors (Lipinski definition) is 4. The van der Waals surface area contributed by atoms with E-state index in [1.54, 1.807) is 4.57 Å². The number of nitrogens with zero attached hydrogens (tertiary/aromatic N) is 1. The molecule has 6 nitrogen and oxygen atoms in total. The van der Waals surface area contributed by atoms with Gasteiger partial charge in [-0.25, -0.2) is 0 Å². The Morgan fingerprint density at radius 2 is 1.57 bits per heavy atom. The molecule has 3 rings (SSSR count). The van der Waals surface area contributed by atoms with Gasteiger partial charge in [0.1, 0.15) is 10.7 Å². The first kappa shape index (κ1) is 21.9. The van der Waals surface area contributed by atoms with Gasteiger partial charge < -0.3 is 11.1 Å². The van der Waals surface area contributed by atoms with Crippen LogP contribution in [0.1, 0.15) is 34.6 Å². The number of nitrogens with one attached hydrogen (secondary N) is 3. The van der Waals surface area contributed by atoms with Gasteiger partial charge in [-0.3, -0.25) is 20.2 Å². The molecule has 0 unspecified atom stereocenters. The van der Waals surface area contributed by atoms with E-state index in [1.807, 2.05) is 48.5 Å². The molecule has 0 aliphatic heterocycles. The van der Waals surface area contributed by atoms with E-state index in [0.29, 0.717) is 14.6 Å². The van der Waals surface area contributed by atoms with Crippen LogP contribution in [0.3, 0.4) is 0 Å². The maximum absolute atomic E-state index is 12.6. The van der Waals surface area contributed by atoms with E-state index in [1.165, 1.54) is 11.1 Å². The number of thiazole rings is 1. The Morgan fingerprint density at radius 1 is 1.00 bits per heavy atom. The van der Waals surface area contributed by atoms with Crippen LogP contribution in [0.5, 0.6) is 0 Å². The van der Waals surface area contributed by atoms with E-state index in [4.69, 9.17) is 30.2 Å². The molecule has 3 aromatic rings. The summed E-state index contributed by atoms with van der Waals surface area (Å²) in [6.45, 7) is 4.19. The van der Waals surface area contributed by atoms with Crippen molar-refractivity contribution < 1.29 is 4.79 Å². The Hall–Kier alpha value is -2.75. The predicted octanol–water partition coefficient (Wildman–Crippen LogP) is 4.61. The number of thiocarbonyl (C=S) groups is 1. The smallest absolute Gasteiger partial charge is 0.283 e. The van der Waals surface area contributed by atoms with E-state index in [-0.39, 0.29) is 5.11 Å². The van der Waals surface area contributed by atoms with Crippen LogP contribution >= 0.6 is 35.8 Å². The number of amides is 1. The molecule has 1 aromatic heterocycles. The zero-order chi connectivity index (χ0) is 21.7. The predicted molar refractivity (Wildman–Crippen MR) is 131 cm³/mol. The van der Waals surface area contributed by atoms with Crippen LogP contribution in [0, 0.1) is 3.95 Å². The van der Waals surface area contributed by atoms with E-state index in [2.05, 4.69) is 30.0 Å². The van der Waals surface area contributed by atoms with Crippen molar-refractivity contribution in [2.45, 2.75) is 26.7 Å². The third-order valence-electron chi connectivity index (χ3n) is 4.56. The van der Waals surface area contributed by atoms with Gasteiger partial charge in [0.05, 0.1) is 0 Å². The van der Waals surface area contributed by atoms with Gasteiger partial charge in [0.2, 0.25) is 0 Å². The van der Waals surface area contributed by atoms with Crippen molar-refractivity contribution in [2.75, 3.05) is 11.1 Å². The van der Waals surface area contributed by atoms with Crippen LogP contribution in [0.25, 0.3) is 5.69 Å². The number of aromatic nitrogens is 1. The zero-order valence-corrected chi connectivity index (χ0v) is 19.1. The Balaban J connectivity index is 1.66. The first-order chi connectivity index (χ1) is 14.4. The SMILES string of the molecule is CCc1ccc(NC(=S)NNC(=O)c2sc(=S)n(-c3ccc(CC)cc3)c2N)cc1. The Bertz CT molecular complexity index is 1100. The molecule has 30 heavy (non-hydrogen) atoms. The number of anilines is 2. The summed E-state index contributed by atoms with van der Waals surface area (Å²) in [6.07, 6.45) is 1.91. The fourth-order valence-corrected chi connectivity index (χ4v) is 4.26. The normalized spacial score (nSPS) is 10.5. The van der Waals surface area contributed by atoms with Crippen LogP contribution in [-0.4, -0.2) is 15.6 Å². The van der Waals surface area contributed by atoms with Gasteiger partial charge in [-0.05, 0) is 72.7 Å². The lowest BCUT2D eigenvalue weighted by molar-refractivity contribution is 0.0949. The van der Waals surface area contributed by atoms with Crippen molar-refractivity contribution in [2.24, 2.45) is 0 Å². The third-order valence-corrected chi connectivity index (χ3v) is 6.16. The summed E-state index contributed by atoms with van der Waals surface area (Å²) in [4.78, 5) is 12.9. The van der Waals surface area contributed by atoms with Gasteiger partial charge in [0, 0.05) is 11.4 Å². The highest BCUT2D eigenvalue weighted by molar-refractivity contribution is 7.80. The molecule has 5 N–H and O–H groups in total. The molecule has 9 heteroatoms. The number of hydrazine groups is 1. The number of hydrogen-bond acceptors (Lipinski definition) is 5. The molecule has 156 valence electrons. The Kier molecular flexibility index (Phi) is 7.20. The molecule has 1 heterocycles. The number of aryl methyl sites for hydroxylation is 2. The first-order valence-electron chi connectivity index (χ1n) is 9.49. The van der Waals surface area contributed by atoms with Crippen molar-refractivity contribution >= 4 is 58.3 Å². The van der Waals surface area contributed by atoms with Gasteiger partial charge >= 0.3 is 0 Å². The minimum Gasteiger partial charge on any atom is -0.383 e. The molecule has 0 atom stereocenters. The van der Waals surface area contributed by atoms with Gasteiger partial charge in [-0.15, -0.1) is 0 Å². The summed E-state index contributed by atoms with van der Waals surface area (Å²) < 4.78 is 2.19. The molecule has 0 aliphatic carbocycles. The van der Waals surface area contributed by atoms with Crippen LogP contribution in [0.2, 0.25) is 0 Å². The number of carbonyl (C=O) groups is 1. The molecular weight excluding hydrogens is 434 g/mol. The number of nitrogen functional groups attached to an aromatic ring is 1. The molecule has 0 bridgehead atoms. The van der Waals surface area contributed by atoms with Crippen molar-refractivity contribution in [3.63, 3.8) is 0 Å². The molecule has 0 radical (unpaired) electrons. The average Bonchev–Trinajstić information content (AvgIpc) is 3.06. The van der Waals surface area contributed by atoms with Crippen LogP contribution < -0.4 is 21.9 Å². The number of benzene rings is 2. The molecule has 1 amide bonds. The van der Waals surface area contributed by atoms with Gasteiger partial charge in [0.15, 0.2) is 9.07 Å². The molecule has 0 saturated carbocycles. The van der Waals surface area contributed by atoms with E-state index < -0.39 is 5.91 Å². The lowest BCUT2D eigenvalue weighted by Crippen LogP contribution is -2.43. The second-order valence-corrected chi connectivity index (χ2v) is 8.57. The molecular formula is C21H23N5OS3. The summed E-state index contributed by atoms with van der Waals surface area (Å²) in [5.74, 6) is -0.111. The Morgan fingerprint density at radius 3 is 2.13 bits per heavy atom. The van der Waals surface area contributed by atoms with Crippen LogP contribution in [0.15, 0.2) is 48.5 Å². The maximum atomic E-state index is 12.6. The van der Waals surface area contributed by atoms with E-state index >= 15 is 0 Å². The van der Waals surface area contributed by atoms with Gasteiger partial charge in [-0.1, -0.05) is 49.4 Å². The van der Waals surface area contributed by atoms with Crippen molar-refractivity contribution in [1.29, 1.82) is 0 Å². The summed E-state index contributed by atoms with van der Waals surface area (Å²) in [7, 11) is 0. The van der Waals surface area contributed by atoms with Crippen LogP contribution in [0.4, 0.5) is 11.5 Å². The average molecular weight is 458 g/mol. The first-order valence-corrected chi connectivity index (χ1v) is 11.1.